The predicted molar refractivity (Wildman–Crippen MR) is 98.9 cm³/mol. The molecule has 0 radical (unpaired) electrons. The van der Waals surface area contributed by atoms with Gasteiger partial charge in [-0.15, -0.1) is 10.2 Å². The van der Waals surface area contributed by atoms with Crippen LogP contribution in [0.2, 0.25) is 0 Å². The fourth-order valence-corrected chi connectivity index (χ4v) is 2.89. The second kappa shape index (κ2) is 8.03. The molecule has 1 aliphatic rings. The Morgan fingerprint density at radius 2 is 2.04 bits per heavy atom. The molecular weight excluding hydrogens is 332 g/mol. The van der Waals surface area contributed by atoms with Crippen molar-refractivity contribution in [2.24, 2.45) is 0 Å². The summed E-state index contributed by atoms with van der Waals surface area (Å²) in [5.74, 6) is 1.83. The van der Waals surface area contributed by atoms with Crippen molar-refractivity contribution in [1.82, 2.24) is 15.1 Å². The van der Waals surface area contributed by atoms with Crippen molar-refractivity contribution in [3.8, 4) is 11.6 Å². The smallest absolute Gasteiger partial charge is 0.257 e. The average molecular weight is 356 g/mol. The van der Waals surface area contributed by atoms with Crippen molar-refractivity contribution in [3.63, 3.8) is 0 Å². The number of hydrogen-bond donors (Lipinski definition) is 0. The molecule has 1 atom stereocenters. The first kappa shape index (κ1) is 18.0. The Balaban J connectivity index is 1.62. The lowest BCUT2D eigenvalue weighted by atomic mass is 10.2. The van der Waals surface area contributed by atoms with Crippen LogP contribution in [0.4, 0.5) is 5.82 Å². The second-order valence-electron chi connectivity index (χ2n) is 6.33. The lowest BCUT2D eigenvalue weighted by molar-refractivity contribution is 0.0767. The van der Waals surface area contributed by atoms with Crippen LogP contribution < -0.4 is 14.4 Å². The van der Waals surface area contributed by atoms with Gasteiger partial charge in [-0.05, 0) is 25.1 Å². The third-order valence-electron chi connectivity index (χ3n) is 4.22. The number of para-hydroxylation sites is 1. The molecule has 0 aliphatic carbocycles. The fraction of sp³-hybridized carbons (Fsp3) is 0.421. The van der Waals surface area contributed by atoms with E-state index in [1.54, 1.807) is 17.0 Å². The molecule has 1 saturated heterocycles. The molecule has 1 aromatic carbocycles. The van der Waals surface area contributed by atoms with Crippen molar-refractivity contribution in [2.75, 3.05) is 38.7 Å². The normalized spacial score (nSPS) is 16.4. The molecule has 1 amide bonds. The van der Waals surface area contributed by atoms with Gasteiger partial charge in [-0.25, -0.2) is 0 Å². The van der Waals surface area contributed by atoms with E-state index >= 15 is 0 Å². The highest BCUT2D eigenvalue weighted by Gasteiger charge is 2.30. The van der Waals surface area contributed by atoms with E-state index in [2.05, 4.69) is 10.2 Å². The quantitative estimate of drug-likeness (QED) is 0.791. The van der Waals surface area contributed by atoms with E-state index in [9.17, 15) is 4.79 Å². The summed E-state index contributed by atoms with van der Waals surface area (Å²) in [6, 6.07) is 11.0. The second-order valence-corrected chi connectivity index (χ2v) is 6.33. The molecule has 26 heavy (non-hydrogen) atoms. The molecule has 0 bridgehead atoms. The van der Waals surface area contributed by atoms with Gasteiger partial charge in [-0.3, -0.25) is 4.79 Å². The van der Waals surface area contributed by atoms with E-state index in [0.29, 0.717) is 36.9 Å². The third kappa shape index (κ3) is 4.04. The molecule has 1 aliphatic heterocycles. The molecule has 2 heterocycles. The van der Waals surface area contributed by atoms with Crippen LogP contribution in [0, 0.1) is 0 Å². The summed E-state index contributed by atoms with van der Waals surface area (Å²) >= 11 is 0. The van der Waals surface area contributed by atoms with Crippen molar-refractivity contribution in [1.29, 1.82) is 0 Å². The van der Waals surface area contributed by atoms with Crippen molar-refractivity contribution in [3.05, 3.63) is 42.0 Å². The number of likely N-dealkylation sites (tertiary alicyclic amines) is 1. The zero-order valence-corrected chi connectivity index (χ0v) is 15.4. The van der Waals surface area contributed by atoms with Crippen LogP contribution in [0.5, 0.6) is 11.6 Å². The maximum Gasteiger partial charge on any atom is 0.257 e. The molecule has 1 fully saturated rings. The monoisotopic (exact) mass is 356 g/mol. The van der Waals surface area contributed by atoms with Crippen molar-refractivity contribution in [2.45, 2.75) is 19.4 Å². The molecular formula is C19H24N4O3. The van der Waals surface area contributed by atoms with Gasteiger partial charge >= 0.3 is 0 Å². The number of amides is 1. The maximum absolute atomic E-state index is 12.8. The minimum absolute atomic E-state index is 0.0332. The summed E-state index contributed by atoms with van der Waals surface area (Å²) < 4.78 is 11.5. The third-order valence-corrected chi connectivity index (χ3v) is 4.22. The molecule has 0 N–H and O–H groups in total. The van der Waals surface area contributed by atoms with Crippen molar-refractivity contribution < 1.29 is 14.3 Å². The number of aromatic nitrogens is 2. The Labute approximate surface area is 153 Å². The number of benzene rings is 1. The summed E-state index contributed by atoms with van der Waals surface area (Å²) in [6.45, 7) is 3.60. The minimum atomic E-state index is -0.0855. The van der Waals surface area contributed by atoms with Crippen LogP contribution in [0.1, 0.15) is 23.7 Å². The fourth-order valence-electron chi connectivity index (χ4n) is 2.89. The van der Waals surface area contributed by atoms with Gasteiger partial charge in [-0.2, -0.15) is 0 Å². The molecule has 2 aromatic rings. The van der Waals surface area contributed by atoms with Gasteiger partial charge in [0, 0.05) is 33.1 Å². The summed E-state index contributed by atoms with van der Waals surface area (Å²) in [5.41, 5.74) is 0.588. The molecule has 7 nitrogen and oxygen atoms in total. The highest BCUT2D eigenvalue weighted by Crippen LogP contribution is 2.23. The number of ether oxygens (including phenoxy) is 2. The average Bonchev–Trinajstić information content (AvgIpc) is 3.11. The highest BCUT2D eigenvalue weighted by molar-refractivity contribution is 5.97. The van der Waals surface area contributed by atoms with E-state index in [1.165, 1.54) is 0 Å². The first-order chi connectivity index (χ1) is 12.6. The maximum atomic E-state index is 12.8. The standard InChI is InChI=1S/C19H24N4O3/c1-4-25-16-8-6-5-7-15(16)19(24)23-12-11-14(13-23)26-18-10-9-17(20-21-18)22(2)3/h5-10,14H,4,11-13H2,1-3H3. The summed E-state index contributed by atoms with van der Waals surface area (Å²) in [4.78, 5) is 16.5. The van der Waals surface area contributed by atoms with Crippen LogP contribution in [-0.4, -0.2) is 60.9 Å². The van der Waals surface area contributed by atoms with E-state index in [-0.39, 0.29) is 12.0 Å². The van der Waals surface area contributed by atoms with Crippen LogP contribution in [-0.2, 0) is 0 Å². The first-order valence-electron chi connectivity index (χ1n) is 8.77. The minimum Gasteiger partial charge on any atom is -0.493 e. The Morgan fingerprint density at radius 3 is 2.73 bits per heavy atom. The van der Waals surface area contributed by atoms with E-state index in [1.807, 2.05) is 50.2 Å². The first-order valence-corrected chi connectivity index (χ1v) is 8.77. The van der Waals surface area contributed by atoms with Crippen LogP contribution in [0.3, 0.4) is 0 Å². The largest absolute Gasteiger partial charge is 0.493 e. The van der Waals surface area contributed by atoms with Gasteiger partial charge in [0.15, 0.2) is 5.82 Å². The number of rotatable bonds is 6. The van der Waals surface area contributed by atoms with Gasteiger partial charge in [0.25, 0.3) is 5.91 Å². The Kier molecular flexibility index (Phi) is 5.55. The predicted octanol–water partition coefficient (Wildman–Crippen LogP) is 2.23. The van der Waals surface area contributed by atoms with Gasteiger partial charge in [0.2, 0.25) is 5.88 Å². The SMILES string of the molecule is CCOc1ccccc1C(=O)N1CCC(Oc2ccc(N(C)C)nn2)C1. The van der Waals surface area contributed by atoms with Gasteiger partial charge in [0.1, 0.15) is 11.9 Å². The number of hydrogen-bond acceptors (Lipinski definition) is 6. The summed E-state index contributed by atoms with van der Waals surface area (Å²) in [5, 5.41) is 8.20. The molecule has 0 spiro atoms. The molecule has 0 saturated carbocycles. The molecule has 1 aromatic heterocycles. The summed E-state index contributed by atoms with van der Waals surface area (Å²) in [7, 11) is 3.82. The van der Waals surface area contributed by atoms with Crippen LogP contribution in [0.25, 0.3) is 0 Å². The number of carbonyl (C=O) groups is 1. The van der Waals surface area contributed by atoms with Crippen LogP contribution in [0.15, 0.2) is 36.4 Å². The molecule has 138 valence electrons. The van der Waals surface area contributed by atoms with E-state index in [0.717, 1.165) is 12.2 Å². The topological polar surface area (TPSA) is 67.8 Å². The number of carbonyl (C=O) groups excluding carboxylic acids is 1. The zero-order chi connectivity index (χ0) is 18.5. The van der Waals surface area contributed by atoms with Gasteiger partial charge in [0.05, 0.1) is 18.7 Å². The summed E-state index contributed by atoms with van der Waals surface area (Å²) in [6.07, 6.45) is 0.678. The van der Waals surface area contributed by atoms with Crippen molar-refractivity contribution >= 4 is 11.7 Å². The molecule has 3 rings (SSSR count). The zero-order valence-electron chi connectivity index (χ0n) is 15.4. The number of anilines is 1. The lowest BCUT2D eigenvalue weighted by Crippen LogP contribution is -2.31. The lowest BCUT2D eigenvalue weighted by Gasteiger charge is -2.18. The Bertz CT molecular complexity index is 749. The van der Waals surface area contributed by atoms with E-state index in [4.69, 9.17) is 9.47 Å². The van der Waals surface area contributed by atoms with Gasteiger partial charge < -0.3 is 19.3 Å². The molecule has 7 heteroatoms. The van der Waals surface area contributed by atoms with E-state index < -0.39 is 0 Å². The Morgan fingerprint density at radius 1 is 1.23 bits per heavy atom. The highest BCUT2D eigenvalue weighted by atomic mass is 16.5. The number of nitrogens with zero attached hydrogens (tertiary/aromatic N) is 4. The molecule has 1 unspecified atom stereocenters. The van der Waals surface area contributed by atoms with Gasteiger partial charge in [-0.1, -0.05) is 12.1 Å². The van der Waals surface area contributed by atoms with Crippen LogP contribution >= 0.6 is 0 Å². The Hall–Kier alpha value is -2.83.